The number of hydrazine groups is 1. The molecule has 0 radical (unpaired) electrons. The number of hydrogen-bond donors (Lipinski definition) is 1. The van der Waals surface area contributed by atoms with E-state index in [4.69, 9.17) is 0 Å². The Bertz CT molecular complexity index is 990. The van der Waals surface area contributed by atoms with E-state index in [-0.39, 0.29) is 18.2 Å². The molecule has 1 aromatic heterocycles. The Morgan fingerprint density at radius 2 is 1.70 bits per heavy atom. The molecule has 8 heteroatoms. The fourth-order valence-electron chi connectivity index (χ4n) is 3.75. The summed E-state index contributed by atoms with van der Waals surface area (Å²) in [4.78, 5) is 38.4. The molecule has 3 heterocycles. The van der Waals surface area contributed by atoms with Crippen molar-refractivity contribution in [3.05, 3.63) is 59.1 Å². The van der Waals surface area contributed by atoms with E-state index in [1.165, 1.54) is 5.01 Å². The third kappa shape index (κ3) is 4.12. The number of aromatic nitrogens is 2. The normalized spacial score (nSPS) is 17.0. The van der Waals surface area contributed by atoms with Crippen LogP contribution in [0.2, 0.25) is 0 Å². The summed E-state index contributed by atoms with van der Waals surface area (Å²) >= 11 is 0. The van der Waals surface area contributed by atoms with Crippen molar-refractivity contribution >= 4 is 23.5 Å². The fraction of sp³-hybridized carbons (Fsp3) is 0.364. The van der Waals surface area contributed by atoms with Gasteiger partial charge >= 0.3 is 0 Å². The lowest BCUT2D eigenvalue weighted by Crippen LogP contribution is -2.54. The number of amides is 2. The Balaban J connectivity index is 1.42. The first-order valence-electron chi connectivity index (χ1n) is 10.1. The summed E-state index contributed by atoms with van der Waals surface area (Å²) < 4.78 is 0. The Morgan fingerprint density at radius 1 is 1.00 bits per heavy atom. The van der Waals surface area contributed by atoms with Crippen LogP contribution in [-0.4, -0.2) is 52.9 Å². The van der Waals surface area contributed by atoms with Crippen LogP contribution in [0.1, 0.15) is 23.4 Å². The van der Waals surface area contributed by atoms with E-state index in [9.17, 15) is 9.59 Å². The van der Waals surface area contributed by atoms with Gasteiger partial charge in [0.2, 0.25) is 11.9 Å². The third-order valence-electron chi connectivity index (χ3n) is 5.27. The predicted octanol–water partition coefficient (Wildman–Crippen LogP) is 1.88. The lowest BCUT2D eigenvalue weighted by Gasteiger charge is -2.37. The van der Waals surface area contributed by atoms with Gasteiger partial charge in [0.1, 0.15) is 5.70 Å². The molecule has 1 aromatic carbocycles. The highest BCUT2D eigenvalue weighted by atomic mass is 16.2. The van der Waals surface area contributed by atoms with Crippen molar-refractivity contribution in [2.75, 3.05) is 36.1 Å². The average molecular weight is 406 g/mol. The van der Waals surface area contributed by atoms with Crippen LogP contribution in [0.4, 0.5) is 11.6 Å². The minimum Gasteiger partial charge on any atom is -0.337 e. The highest BCUT2D eigenvalue weighted by molar-refractivity contribution is 6.01. The molecule has 2 aliphatic rings. The summed E-state index contributed by atoms with van der Waals surface area (Å²) in [5.41, 5.74) is 7.11. The van der Waals surface area contributed by atoms with Gasteiger partial charge in [0.15, 0.2) is 0 Å². The highest BCUT2D eigenvalue weighted by Crippen LogP contribution is 2.20. The van der Waals surface area contributed by atoms with Crippen molar-refractivity contribution in [1.29, 1.82) is 0 Å². The molecule has 2 aliphatic heterocycles. The molecule has 4 rings (SSSR count). The van der Waals surface area contributed by atoms with Crippen LogP contribution in [0, 0.1) is 20.8 Å². The first-order valence-corrected chi connectivity index (χ1v) is 10.1. The summed E-state index contributed by atoms with van der Waals surface area (Å²) in [7, 11) is 0. The summed E-state index contributed by atoms with van der Waals surface area (Å²) in [6.07, 6.45) is 1.87. The minimum absolute atomic E-state index is 0.0889. The number of aryl methyl sites for hydroxylation is 3. The molecule has 2 amide bonds. The number of nitrogens with zero attached hydrogens (tertiary/aromatic N) is 5. The molecular formula is C22H26N6O2. The second-order valence-electron chi connectivity index (χ2n) is 7.73. The van der Waals surface area contributed by atoms with E-state index in [0.29, 0.717) is 37.8 Å². The predicted molar refractivity (Wildman–Crippen MR) is 115 cm³/mol. The topological polar surface area (TPSA) is 81.7 Å². The zero-order valence-corrected chi connectivity index (χ0v) is 17.6. The lowest BCUT2D eigenvalue weighted by molar-refractivity contribution is -0.128. The minimum atomic E-state index is -0.0962. The quantitative estimate of drug-likeness (QED) is 0.838. The molecule has 1 N–H and O–H groups in total. The van der Waals surface area contributed by atoms with Gasteiger partial charge in [0.25, 0.3) is 5.91 Å². The zero-order chi connectivity index (χ0) is 21.3. The molecule has 0 unspecified atom stereocenters. The van der Waals surface area contributed by atoms with E-state index >= 15 is 0 Å². The molecule has 8 nitrogen and oxygen atoms in total. The molecule has 30 heavy (non-hydrogen) atoms. The van der Waals surface area contributed by atoms with Crippen LogP contribution < -0.4 is 15.3 Å². The number of carbonyl (C=O) groups is 2. The molecule has 0 aliphatic carbocycles. The number of piperazine rings is 1. The number of nitrogens with one attached hydrogen (secondary N) is 1. The highest BCUT2D eigenvalue weighted by Gasteiger charge is 2.29. The Hall–Kier alpha value is -3.42. The van der Waals surface area contributed by atoms with Gasteiger partial charge in [0.05, 0.1) is 5.69 Å². The standard InChI is InChI=1S/C22H26N6O2/c1-15-5-4-6-18(13-15)28-20(29)8-7-19(25-28)21(30)26-9-11-27(12-10-26)22-23-16(2)14-17(3)24-22/h4-7,13-14,25H,8-12H2,1-3H3. The van der Waals surface area contributed by atoms with Gasteiger partial charge < -0.3 is 9.80 Å². The number of benzene rings is 1. The maximum atomic E-state index is 13.1. The van der Waals surface area contributed by atoms with E-state index in [1.807, 2.05) is 56.0 Å². The van der Waals surface area contributed by atoms with Crippen molar-refractivity contribution < 1.29 is 9.59 Å². The Labute approximate surface area is 176 Å². The summed E-state index contributed by atoms with van der Waals surface area (Å²) in [5, 5.41) is 1.46. The van der Waals surface area contributed by atoms with Crippen LogP contribution >= 0.6 is 0 Å². The van der Waals surface area contributed by atoms with Crippen LogP contribution in [0.15, 0.2) is 42.1 Å². The van der Waals surface area contributed by atoms with Crippen molar-refractivity contribution in [3.63, 3.8) is 0 Å². The van der Waals surface area contributed by atoms with E-state index in [2.05, 4.69) is 20.3 Å². The van der Waals surface area contributed by atoms with Gasteiger partial charge in [-0.3, -0.25) is 15.0 Å². The van der Waals surface area contributed by atoms with Gasteiger partial charge in [0, 0.05) is 44.0 Å². The molecule has 2 aromatic rings. The monoisotopic (exact) mass is 406 g/mol. The maximum absolute atomic E-state index is 13.1. The molecule has 0 bridgehead atoms. The van der Waals surface area contributed by atoms with Crippen molar-refractivity contribution in [3.8, 4) is 0 Å². The molecule has 0 atom stereocenters. The van der Waals surface area contributed by atoms with Gasteiger partial charge in [-0.05, 0) is 50.6 Å². The first kappa shape index (κ1) is 19.9. The van der Waals surface area contributed by atoms with Gasteiger partial charge in [-0.2, -0.15) is 0 Å². The third-order valence-corrected chi connectivity index (χ3v) is 5.27. The average Bonchev–Trinajstić information content (AvgIpc) is 2.73. The van der Waals surface area contributed by atoms with Crippen LogP contribution in [0.25, 0.3) is 0 Å². The first-order chi connectivity index (χ1) is 14.4. The van der Waals surface area contributed by atoms with Crippen LogP contribution in [-0.2, 0) is 9.59 Å². The van der Waals surface area contributed by atoms with Gasteiger partial charge in [-0.15, -0.1) is 0 Å². The SMILES string of the molecule is Cc1cccc(N2NC(C(=O)N3CCN(c4nc(C)cc(C)n4)CC3)=CCC2=O)c1. The van der Waals surface area contributed by atoms with E-state index in [0.717, 1.165) is 22.6 Å². The van der Waals surface area contributed by atoms with Crippen LogP contribution in [0.5, 0.6) is 0 Å². The van der Waals surface area contributed by atoms with E-state index < -0.39 is 0 Å². The molecule has 1 fully saturated rings. The van der Waals surface area contributed by atoms with Gasteiger partial charge in [-0.25, -0.2) is 15.0 Å². The lowest BCUT2D eigenvalue weighted by atomic mass is 10.2. The molecule has 0 spiro atoms. The second kappa shape index (κ2) is 8.14. The Kier molecular flexibility index (Phi) is 5.39. The fourth-order valence-corrected chi connectivity index (χ4v) is 3.75. The van der Waals surface area contributed by atoms with Crippen molar-refractivity contribution in [2.24, 2.45) is 0 Å². The Morgan fingerprint density at radius 3 is 2.37 bits per heavy atom. The summed E-state index contributed by atoms with van der Waals surface area (Å²) in [6.45, 7) is 8.38. The van der Waals surface area contributed by atoms with Crippen LogP contribution in [0.3, 0.4) is 0 Å². The molecule has 1 saturated heterocycles. The van der Waals surface area contributed by atoms with E-state index in [1.54, 1.807) is 6.08 Å². The smallest absolute Gasteiger partial charge is 0.271 e. The zero-order valence-electron chi connectivity index (χ0n) is 17.6. The largest absolute Gasteiger partial charge is 0.337 e. The number of hydrogen-bond acceptors (Lipinski definition) is 6. The molecule has 156 valence electrons. The van der Waals surface area contributed by atoms with Crippen molar-refractivity contribution in [2.45, 2.75) is 27.2 Å². The number of rotatable bonds is 3. The molecule has 0 saturated carbocycles. The number of carbonyl (C=O) groups excluding carboxylic acids is 2. The maximum Gasteiger partial charge on any atom is 0.271 e. The number of anilines is 2. The molecular weight excluding hydrogens is 380 g/mol. The second-order valence-corrected chi connectivity index (χ2v) is 7.73. The summed E-state index contributed by atoms with van der Waals surface area (Å²) in [5.74, 6) is 0.529. The van der Waals surface area contributed by atoms with Gasteiger partial charge in [-0.1, -0.05) is 12.1 Å². The van der Waals surface area contributed by atoms with Crippen molar-refractivity contribution in [1.82, 2.24) is 20.3 Å². The summed E-state index contributed by atoms with van der Waals surface area (Å²) in [6, 6.07) is 9.59.